The van der Waals surface area contributed by atoms with Gasteiger partial charge in [-0.05, 0) is 31.7 Å². The van der Waals surface area contributed by atoms with Crippen LogP contribution < -0.4 is 5.73 Å². The summed E-state index contributed by atoms with van der Waals surface area (Å²) in [7, 11) is 0. The van der Waals surface area contributed by atoms with Crippen LogP contribution in [0.5, 0.6) is 0 Å². The van der Waals surface area contributed by atoms with Crippen LogP contribution in [0.15, 0.2) is 28.8 Å². The second-order valence-corrected chi connectivity index (χ2v) is 5.82. The molecule has 6 nitrogen and oxygen atoms in total. The van der Waals surface area contributed by atoms with Gasteiger partial charge in [0.1, 0.15) is 6.10 Å². The van der Waals surface area contributed by atoms with Crippen LogP contribution in [-0.4, -0.2) is 29.5 Å². The molecular formula is C17H24ClN3O3. The molecule has 2 aromatic rings. The second-order valence-electron chi connectivity index (χ2n) is 5.82. The Kier molecular flexibility index (Phi) is 7.17. The van der Waals surface area contributed by atoms with Gasteiger partial charge in [-0.1, -0.05) is 29.4 Å². The maximum atomic E-state index is 5.82. The number of hydrogen-bond donors (Lipinski definition) is 1. The van der Waals surface area contributed by atoms with Crippen molar-refractivity contribution >= 4 is 12.4 Å². The Labute approximate surface area is 148 Å². The van der Waals surface area contributed by atoms with Gasteiger partial charge in [0.2, 0.25) is 5.82 Å². The highest BCUT2D eigenvalue weighted by molar-refractivity contribution is 5.85. The SMILES string of the molecule is CC(OCC1CCCCO1)c1nc(-c2ccc(CN)cc2)no1.Cl. The Bertz CT molecular complexity index is 612. The van der Waals surface area contributed by atoms with Crippen molar-refractivity contribution in [1.29, 1.82) is 0 Å². The highest BCUT2D eigenvalue weighted by Crippen LogP contribution is 2.22. The molecule has 1 fully saturated rings. The maximum Gasteiger partial charge on any atom is 0.255 e. The number of nitrogens with zero attached hydrogens (tertiary/aromatic N) is 2. The van der Waals surface area contributed by atoms with Crippen LogP contribution in [0.25, 0.3) is 11.4 Å². The molecule has 0 radical (unpaired) electrons. The van der Waals surface area contributed by atoms with Gasteiger partial charge < -0.3 is 19.7 Å². The first-order valence-corrected chi connectivity index (χ1v) is 8.12. The molecule has 1 aliphatic rings. The van der Waals surface area contributed by atoms with E-state index in [1.807, 2.05) is 31.2 Å². The standard InChI is InChI=1S/C17H23N3O3.ClH/c1-12(22-11-15-4-2-3-9-21-15)17-19-16(20-23-17)14-7-5-13(10-18)6-8-14;/h5-8,12,15H,2-4,9-11,18H2,1H3;1H. The molecule has 0 bridgehead atoms. The van der Waals surface area contributed by atoms with Crippen LogP contribution >= 0.6 is 12.4 Å². The highest BCUT2D eigenvalue weighted by atomic mass is 35.5. The van der Waals surface area contributed by atoms with E-state index in [2.05, 4.69) is 10.1 Å². The molecule has 0 spiro atoms. The number of aromatic nitrogens is 2. The van der Waals surface area contributed by atoms with Crippen LogP contribution in [0.1, 0.15) is 43.7 Å². The zero-order chi connectivity index (χ0) is 16.1. The van der Waals surface area contributed by atoms with E-state index in [1.54, 1.807) is 0 Å². The van der Waals surface area contributed by atoms with Crippen LogP contribution in [0.3, 0.4) is 0 Å². The topological polar surface area (TPSA) is 83.4 Å². The first kappa shape index (κ1) is 18.9. The normalized spacial score (nSPS) is 18.8. The zero-order valence-corrected chi connectivity index (χ0v) is 14.6. The number of nitrogens with two attached hydrogens (primary N) is 1. The zero-order valence-electron chi connectivity index (χ0n) is 13.8. The van der Waals surface area contributed by atoms with E-state index in [4.69, 9.17) is 19.7 Å². The Balaban J connectivity index is 0.00000208. The van der Waals surface area contributed by atoms with Crippen molar-refractivity contribution in [2.75, 3.05) is 13.2 Å². The highest BCUT2D eigenvalue weighted by Gasteiger charge is 2.19. The lowest BCUT2D eigenvalue weighted by molar-refractivity contribution is -0.0656. The maximum absolute atomic E-state index is 5.82. The van der Waals surface area contributed by atoms with Gasteiger partial charge in [0, 0.05) is 18.7 Å². The van der Waals surface area contributed by atoms with Crippen molar-refractivity contribution in [1.82, 2.24) is 10.1 Å². The van der Waals surface area contributed by atoms with E-state index in [1.165, 1.54) is 6.42 Å². The van der Waals surface area contributed by atoms with Crippen molar-refractivity contribution in [3.63, 3.8) is 0 Å². The molecule has 132 valence electrons. The molecule has 1 saturated heterocycles. The lowest BCUT2D eigenvalue weighted by atomic mass is 10.1. The van der Waals surface area contributed by atoms with E-state index in [9.17, 15) is 0 Å². The smallest absolute Gasteiger partial charge is 0.255 e. The minimum Gasteiger partial charge on any atom is -0.376 e. The minimum atomic E-state index is -0.245. The third-order valence-corrected chi connectivity index (χ3v) is 4.04. The lowest BCUT2D eigenvalue weighted by Crippen LogP contribution is -2.25. The van der Waals surface area contributed by atoms with Crippen LogP contribution in [0.2, 0.25) is 0 Å². The molecule has 2 heterocycles. The van der Waals surface area contributed by atoms with Crippen LogP contribution in [-0.2, 0) is 16.0 Å². The van der Waals surface area contributed by atoms with E-state index in [0.29, 0.717) is 24.9 Å². The fraction of sp³-hybridized carbons (Fsp3) is 0.529. The van der Waals surface area contributed by atoms with Gasteiger partial charge in [0.25, 0.3) is 5.89 Å². The largest absolute Gasteiger partial charge is 0.376 e. The van der Waals surface area contributed by atoms with Crippen LogP contribution in [0, 0.1) is 0 Å². The molecule has 0 aliphatic carbocycles. The summed E-state index contributed by atoms with van der Waals surface area (Å²) in [4.78, 5) is 4.42. The Morgan fingerprint density at radius 3 is 2.75 bits per heavy atom. The van der Waals surface area contributed by atoms with Gasteiger partial charge in [-0.15, -0.1) is 12.4 Å². The molecule has 2 atom stereocenters. The van der Waals surface area contributed by atoms with Gasteiger partial charge in [0.15, 0.2) is 0 Å². The minimum absolute atomic E-state index is 0. The summed E-state index contributed by atoms with van der Waals surface area (Å²) in [6.45, 7) is 3.82. The van der Waals surface area contributed by atoms with Gasteiger partial charge >= 0.3 is 0 Å². The molecule has 1 aromatic heterocycles. The van der Waals surface area contributed by atoms with E-state index in [-0.39, 0.29) is 24.6 Å². The summed E-state index contributed by atoms with van der Waals surface area (Å²) in [6, 6.07) is 7.81. The molecule has 1 aromatic carbocycles. The quantitative estimate of drug-likeness (QED) is 0.858. The fourth-order valence-corrected chi connectivity index (χ4v) is 2.57. The summed E-state index contributed by atoms with van der Waals surface area (Å²) < 4.78 is 16.8. The predicted octanol–water partition coefficient (Wildman–Crippen LogP) is 3.26. The van der Waals surface area contributed by atoms with Crippen molar-refractivity contribution in [3.05, 3.63) is 35.7 Å². The molecule has 0 saturated carbocycles. The summed E-state index contributed by atoms with van der Waals surface area (Å²) >= 11 is 0. The number of ether oxygens (including phenoxy) is 2. The Morgan fingerprint density at radius 2 is 2.08 bits per heavy atom. The van der Waals surface area contributed by atoms with Gasteiger partial charge in [-0.2, -0.15) is 4.98 Å². The van der Waals surface area contributed by atoms with E-state index < -0.39 is 0 Å². The first-order valence-electron chi connectivity index (χ1n) is 8.12. The molecule has 1 aliphatic heterocycles. The molecule has 3 rings (SSSR count). The molecule has 0 amide bonds. The first-order chi connectivity index (χ1) is 11.3. The van der Waals surface area contributed by atoms with E-state index in [0.717, 1.165) is 30.6 Å². The third kappa shape index (κ3) is 4.77. The van der Waals surface area contributed by atoms with Gasteiger partial charge in [0.05, 0.1) is 12.7 Å². The fourth-order valence-electron chi connectivity index (χ4n) is 2.57. The predicted molar refractivity (Wildman–Crippen MR) is 92.8 cm³/mol. The van der Waals surface area contributed by atoms with Crippen molar-refractivity contribution in [2.45, 2.75) is 44.9 Å². The third-order valence-electron chi connectivity index (χ3n) is 4.04. The Hall–Kier alpha value is -1.47. The van der Waals surface area contributed by atoms with Gasteiger partial charge in [-0.25, -0.2) is 0 Å². The van der Waals surface area contributed by atoms with Gasteiger partial charge in [-0.3, -0.25) is 0 Å². The second kappa shape index (κ2) is 9.13. The molecule has 24 heavy (non-hydrogen) atoms. The van der Waals surface area contributed by atoms with E-state index >= 15 is 0 Å². The summed E-state index contributed by atoms with van der Waals surface area (Å²) in [5.74, 6) is 1.05. The molecular weight excluding hydrogens is 330 g/mol. The average molecular weight is 354 g/mol. The Morgan fingerprint density at radius 1 is 1.29 bits per heavy atom. The molecule has 2 unspecified atom stereocenters. The number of halogens is 1. The molecule has 7 heteroatoms. The van der Waals surface area contributed by atoms with Crippen molar-refractivity contribution < 1.29 is 14.0 Å². The summed E-state index contributed by atoms with van der Waals surface area (Å²) in [5.41, 5.74) is 7.57. The monoisotopic (exact) mass is 353 g/mol. The number of rotatable bonds is 6. The summed E-state index contributed by atoms with van der Waals surface area (Å²) in [6.07, 6.45) is 3.32. The van der Waals surface area contributed by atoms with Crippen molar-refractivity contribution in [2.24, 2.45) is 5.73 Å². The summed E-state index contributed by atoms with van der Waals surface area (Å²) in [5, 5.41) is 4.03. The van der Waals surface area contributed by atoms with Crippen molar-refractivity contribution in [3.8, 4) is 11.4 Å². The number of hydrogen-bond acceptors (Lipinski definition) is 6. The average Bonchev–Trinajstić information content (AvgIpc) is 3.11. The lowest BCUT2D eigenvalue weighted by Gasteiger charge is -2.23. The molecule has 2 N–H and O–H groups in total. The number of benzene rings is 1. The van der Waals surface area contributed by atoms with Crippen LogP contribution in [0.4, 0.5) is 0 Å².